The van der Waals surface area contributed by atoms with Crippen LogP contribution in [0, 0.1) is 0 Å². The summed E-state index contributed by atoms with van der Waals surface area (Å²) in [7, 11) is 0. The van der Waals surface area contributed by atoms with Crippen LogP contribution in [0.4, 0.5) is 10.5 Å². The van der Waals surface area contributed by atoms with Gasteiger partial charge in [-0.15, -0.1) is 0 Å². The van der Waals surface area contributed by atoms with Crippen molar-refractivity contribution in [3.8, 4) is 0 Å². The third kappa shape index (κ3) is 5.03. The van der Waals surface area contributed by atoms with Crippen LogP contribution in [-0.4, -0.2) is 19.1 Å². The Balaban J connectivity index is 1.42. The number of urea groups is 1. The lowest BCUT2D eigenvalue weighted by Gasteiger charge is -2.18. The van der Waals surface area contributed by atoms with Gasteiger partial charge in [-0.25, -0.2) is 4.79 Å². The molecule has 0 aliphatic carbocycles. The van der Waals surface area contributed by atoms with Crippen LogP contribution in [-0.2, 0) is 19.4 Å². The molecule has 4 nitrogen and oxygen atoms in total. The fraction of sp³-hybridized carbons (Fsp3) is 0.316. The second-order valence-electron chi connectivity index (χ2n) is 6.13. The van der Waals surface area contributed by atoms with Gasteiger partial charge in [-0.2, -0.15) is 0 Å². The highest BCUT2D eigenvalue weighted by atomic mass is 35.5. The second kappa shape index (κ2) is 8.45. The van der Waals surface area contributed by atoms with E-state index in [1.807, 2.05) is 6.07 Å². The molecule has 1 heterocycles. The highest BCUT2D eigenvalue weighted by Gasteiger charge is 2.09. The van der Waals surface area contributed by atoms with Crippen LogP contribution in [0.15, 0.2) is 36.4 Å². The average Bonchev–Trinajstić information content (AvgIpc) is 2.62. The van der Waals surface area contributed by atoms with Gasteiger partial charge in [0.25, 0.3) is 0 Å². The van der Waals surface area contributed by atoms with Crippen LogP contribution < -0.4 is 16.0 Å². The smallest absolute Gasteiger partial charge is 0.315 e. The van der Waals surface area contributed by atoms with Crippen LogP contribution >= 0.6 is 23.2 Å². The number of carbonyl (C=O) groups is 1. The number of fused-ring (bicyclic) bond motifs is 1. The number of amides is 2. The molecule has 0 saturated heterocycles. The summed E-state index contributed by atoms with van der Waals surface area (Å²) >= 11 is 11.8. The van der Waals surface area contributed by atoms with E-state index >= 15 is 0 Å². The SMILES string of the molecule is O=C(NCCc1ccc2c(c1)NCCC2)NCc1ccc(Cl)c(Cl)c1. The standard InChI is InChI=1S/C19H21Cl2N3O/c20-16-6-4-14(10-17(16)21)12-24-19(25)23-9-7-13-3-5-15-2-1-8-22-18(15)11-13/h3-6,10-11,22H,1-2,7-9,12H2,(H2,23,24,25). The first-order chi connectivity index (χ1) is 12.1. The van der Waals surface area contributed by atoms with E-state index < -0.39 is 0 Å². The Morgan fingerprint density at radius 3 is 2.72 bits per heavy atom. The predicted octanol–water partition coefficient (Wildman–Crippen LogP) is 4.39. The van der Waals surface area contributed by atoms with Crippen LogP contribution in [0.5, 0.6) is 0 Å². The molecule has 1 aliphatic rings. The number of hydrogen-bond acceptors (Lipinski definition) is 2. The summed E-state index contributed by atoms with van der Waals surface area (Å²) in [5, 5.41) is 10.1. The summed E-state index contributed by atoms with van der Waals surface area (Å²) in [6.45, 7) is 2.03. The zero-order valence-corrected chi connectivity index (χ0v) is 15.4. The van der Waals surface area contributed by atoms with Gasteiger partial charge in [0.05, 0.1) is 10.0 Å². The fourth-order valence-electron chi connectivity index (χ4n) is 2.88. The molecule has 0 aromatic heterocycles. The maximum Gasteiger partial charge on any atom is 0.315 e. The fourth-order valence-corrected chi connectivity index (χ4v) is 3.20. The van der Waals surface area contributed by atoms with E-state index in [9.17, 15) is 4.79 Å². The monoisotopic (exact) mass is 377 g/mol. The van der Waals surface area contributed by atoms with Gasteiger partial charge in [-0.1, -0.05) is 41.4 Å². The lowest BCUT2D eigenvalue weighted by atomic mass is 10.0. The molecule has 2 aromatic rings. The summed E-state index contributed by atoms with van der Waals surface area (Å²) in [5.74, 6) is 0. The van der Waals surface area contributed by atoms with Gasteiger partial charge < -0.3 is 16.0 Å². The first-order valence-electron chi connectivity index (χ1n) is 8.43. The first-order valence-corrected chi connectivity index (χ1v) is 9.19. The molecular formula is C19H21Cl2N3O. The molecule has 132 valence electrons. The molecule has 6 heteroatoms. The maximum atomic E-state index is 11.9. The Morgan fingerprint density at radius 2 is 1.88 bits per heavy atom. The van der Waals surface area contributed by atoms with E-state index in [0.29, 0.717) is 23.1 Å². The molecule has 1 aliphatic heterocycles. The van der Waals surface area contributed by atoms with E-state index in [-0.39, 0.29) is 6.03 Å². The van der Waals surface area contributed by atoms with Gasteiger partial charge in [0.1, 0.15) is 0 Å². The summed E-state index contributed by atoms with van der Waals surface area (Å²) in [6.07, 6.45) is 3.13. The Hall–Kier alpha value is -1.91. The van der Waals surface area contributed by atoms with Crippen LogP contribution in [0.25, 0.3) is 0 Å². The minimum Gasteiger partial charge on any atom is -0.385 e. The molecule has 0 fully saturated rings. The molecule has 25 heavy (non-hydrogen) atoms. The molecule has 0 spiro atoms. The van der Waals surface area contributed by atoms with Crippen molar-refractivity contribution in [1.29, 1.82) is 0 Å². The van der Waals surface area contributed by atoms with Crippen LogP contribution in [0.3, 0.4) is 0 Å². The Kier molecular flexibility index (Phi) is 6.05. The zero-order valence-electron chi connectivity index (χ0n) is 13.9. The Morgan fingerprint density at radius 1 is 1.04 bits per heavy atom. The van der Waals surface area contributed by atoms with E-state index in [4.69, 9.17) is 23.2 Å². The second-order valence-corrected chi connectivity index (χ2v) is 6.94. The molecule has 0 bridgehead atoms. The van der Waals surface area contributed by atoms with Crippen LogP contribution in [0.1, 0.15) is 23.1 Å². The quantitative estimate of drug-likeness (QED) is 0.723. The third-order valence-electron chi connectivity index (χ3n) is 4.25. The van der Waals surface area contributed by atoms with Crippen molar-refractivity contribution < 1.29 is 4.79 Å². The van der Waals surface area contributed by atoms with E-state index in [1.165, 1.54) is 23.2 Å². The number of nitrogens with one attached hydrogen (secondary N) is 3. The van der Waals surface area contributed by atoms with Crippen molar-refractivity contribution in [1.82, 2.24) is 10.6 Å². The predicted molar refractivity (Wildman–Crippen MR) is 104 cm³/mol. The average molecular weight is 378 g/mol. The molecule has 2 aromatic carbocycles. The zero-order chi connectivity index (χ0) is 17.6. The molecule has 0 unspecified atom stereocenters. The highest BCUT2D eigenvalue weighted by molar-refractivity contribution is 6.42. The third-order valence-corrected chi connectivity index (χ3v) is 4.99. The minimum atomic E-state index is -0.192. The number of carbonyl (C=O) groups excluding carboxylic acids is 1. The number of halogens is 2. The highest BCUT2D eigenvalue weighted by Crippen LogP contribution is 2.23. The van der Waals surface area contributed by atoms with Crippen molar-refractivity contribution in [3.05, 3.63) is 63.1 Å². The largest absolute Gasteiger partial charge is 0.385 e. The van der Waals surface area contributed by atoms with Gasteiger partial charge in [0, 0.05) is 25.3 Å². The molecule has 0 saturated carbocycles. The van der Waals surface area contributed by atoms with Crippen molar-refractivity contribution in [2.75, 3.05) is 18.4 Å². The topological polar surface area (TPSA) is 53.2 Å². The van der Waals surface area contributed by atoms with E-state index in [0.717, 1.165) is 24.9 Å². The Bertz CT molecular complexity index is 764. The number of benzene rings is 2. The molecule has 0 radical (unpaired) electrons. The van der Waals surface area contributed by atoms with Gasteiger partial charge in [-0.05, 0) is 54.2 Å². The van der Waals surface area contributed by atoms with Gasteiger partial charge in [-0.3, -0.25) is 0 Å². The number of hydrogen-bond donors (Lipinski definition) is 3. The first kappa shape index (κ1) is 17.9. The summed E-state index contributed by atoms with van der Waals surface area (Å²) in [4.78, 5) is 11.9. The minimum absolute atomic E-state index is 0.192. The lowest BCUT2D eigenvalue weighted by molar-refractivity contribution is 0.240. The van der Waals surface area contributed by atoms with Gasteiger partial charge in [0.2, 0.25) is 0 Å². The Labute approximate surface area is 157 Å². The number of anilines is 1. The van der Waals surface area contributed by atoms with Gasteiger partial charge >= 0.3 is 6.03 Å². The normalized spacial score (nSPS) is 12.9. The van der Waals surface area contributed by atoms with Crippen molar-refractivity contribution in [3.63, 3.8) is 0 Å². The molecular weight excluding hydrogens is 357 g/mol. The molecule has 3 N–H and O–H groups in total. The van der Waals surface area contributed by atoms with E-state index in [2.05, 4.69) is 34.1 Å². The van der Waals surface area contributed by atoms with E-state index in [1.54, 1.807) is 12.1 Å². The van der Waals surface area contributed by atoms with Crippen LogP contribution in [0.2, 0.25) is 10.0 Å². The number of aryl methyl sites for hydroxylation is 1. The molecule has 0 atom stereocenters. The van der Waals surface area contributed by atoms with Crippen molar-refractivity contribution >= 4 is 34.9 Å². The number of rotatable bonds is 5. The molecule has 3 rings (SSSR count). The van der Waals surface area contributed by atoms with Crippen molar-refractivity contribution in [2.45, 2.75) is 25.8 Å². The summed E-state index contributed by atoms with van der Waals surface area (Å²) in [6, 6.07) is 11.6. The molecule has 2 amide bonds. The summed E-state index contributed by atoms with van der Waals surface area (Å²) < 4.78 is 0. The lowest BCUT2D eigenvalue weighted by Crippen LogP contribution is -2.36. The van der Waals surface area contributed by atoms with Gasteiger partial charge in [0.15, 0.2) is 0 Å². The van der Waals surface area contributed by atoms with Crippen molar-refractivity contribution in [2.24, 2.45) is 0 Å². The maximum absolute atomic E-state index is 11.9. The summed E-state index contributed by atoms with van der Waals surface area (Å²) in [5.41, 5.74) is 4.73.